The van der Waals surface area contributed by atoms with E-state index in [1.165, 1.54) is 17.4 Å². The number of aromatic nitrogens is 2. The number of ether oxygens (including phenoxy) is 1. The molecule has 0 spiro atoms. The summed E-state index contributed by atoms with van der Waals surface area (Å²) in [5.74, 6) is 1.30. The second kappa shape index (κ2) is 12.5. The van der Waals surface area contributed by atoms with Crippen LogP contribution in [0.15, 0.2) is 27.4 Å². The SMILES string of the molecule is C[C@H]1[C@H](C)CC[C@]2(C(=O)OCCCCCCn3cc(F)c(=O)[nH]c3=O)CC[C@]3(C)C(=CC[C@@H]4[C@@]5(C)CC[C@H](O)C(C)(C)[C@@H]5CC[C@]43C)[C@H]12. The Balaban J connectivity index is 1.16. The molecule has 1 aromatic rings. The number of hydrogen-bond acceptors (Lipinski definition) is 5. The predicted octanol–water partition coefficient (Wildman–Crippen LogP) is 7.80. The molecule has 0 bridgehead atoms. The number of allylic oxidation sites excluding steroid dienone is 2. The molecular weight excluding hydrogens is 607 g/mol. The number of esters is 1. The first-order valence-corrected chi connectivity index (χ1v) is 19.1. The summed E-state index contributed by atoms with van der Waals surface area (Å²) in [4.78, 5) is 39.5. The summed E-state index contributed by atoms with van der Waals surface area (Å²) in [7, 11) is 0. The number of nitrogens with zero attached hydrogens (tertiary/aromatic N) is 1. The zero-order chi connectivity index (χ0) is 34.9. The number of H-pyrrole nitrogens is 1. The van der Waals surface area contributed by atoms with Crippen LogP contribution in [0.4, 0.5) is 4.39 Å². The molecule has 1 aromatic heterocycles. The molecule has 0 aliphatic heterocycles. The maximum atomic E-state index is 14.3. The van der Waals surface area contributed by atoms with E-state index in [-0.39, 0.29) is 39.7 Å². The molecule has 10 atom stereocenters. The van der Waals surface area contributed by atoms with Crippen LogP contribution in [0.5, 0.6) is 0 Å². The number of aliphatic hydroxyl groups is 1. The van der Waals surface area contributed by atoms with Crippen LogP contribution in [0.1, 0.15) is 132 Å². The van der Waals surface area contributed by atoms with Gasteiger partial charge in [0.15, 0.2) is 0 Å². The van der Waals surface area contributed by atoms with Gasteiger partial charge in [0.1, 0.15) is 0 Å². The van der Waals surface area contributed by atoms with Crippen LogP contribution < -0.4 is 11.2 Å². The van der Waals surface area contributed by atoms with E-state index < -0.39 is 22.5 Å². The maximum absolute atomic E-state index is 14.3. The smallest absolute Gasteiger partial charge is 0.328 e. The Labute approximate surface area is 286 Å². The van der Waals surface area contributed by atoms with Gasteiger partial charge in [-0.1, -0.05) is 66.5 Å². The molecule has 0 saturated heterocycles. The topological polar surface area (TPSA) is 101 Å². The molecule has 0 unspecified atom stereocenters. The van der Waals surface area contributed by atoms with Crippen molar-refractivity contribution in [2.75, 3.05) is 6.61 Å². The quantitative estimate of drug-likeness (QED) is 0.167. The molecule has 6 rings (SSSR count). The van der Waals surface area contributed by atoms with Gasteiger partial charge in [0.25, 0.3) is 5.56 Å². The van der Waals surface area contributed by atoms with Crippen LogP contribution in [0.25, 0.3) is 0 Å². The molecule has 5 aliphatic rings. The molecule has 8 heteroatoms. The van der Waals surface area contributed by atoms with Gasteiger partial charge in [0.2, 0.25) is 5.82 Å². The largest absolute Gasteiger partial charge is 0.465 e. The summed E-state index contributed by atoms with van der Waals surface area (Å²) in [6, 6.07) is 0. The minimum absolute atomic E-state index is 0.00423. The van der Waals surface area contributed by atoms with E-state index in [1.54, 1.807) is 5.57 Å². The minimum atomic E-state index is -0.992. The highest BCUT2D eigenvalue weighted by Crippen LogP contribution is 2.75. The normalized spacial score (nSPS) is 41.6. The van der Waals surface area contributed by atoms with Crippen LogP contribution in [0, 0.1) is 62.5 Å². The number of carbonyl (C=O) groups is 1. The van der Waals surface area contributed by atoms with Crippen molar-refractivity contribution in [1.82, 2.24) is 9.55 Å². The monoisotopic (exact) mass is 668 g/mol. The van der Waals surface area contributed by atoms with Crippen LogP contribution in [-0.2, 0) is 16.1 Å². The lowest BCUT2D eigenvalue weighted by molar-refractivity contribution is -0.207. The summed E-state index contributed by atoms with van der Waals surface area (Å²) < 4.78 is 21.0. The summed E-state index contributed by atoms with van der Waals surface area (Å²) >= 11 is 0. The zero-order valence-electron chi connectivity index (χ0n) is 30.6. The molecule has 268 valence electrons. The summed E-state index contributed by atoms with van der Waals surface area (Å²) in [6.45, 7) is 17.8. The molecule has 0 radical (unpaired) electrons. The average molecular weight is 669 g/mol. The standard InChI is InChI=1S/C40H61FN2O5/c1-25-14-19-40(34(46)48-23-11-9-8-10-22-43-24-28(41)33(45)42-35(43)47)21-20-38(6)27(32(40)26(25)2)12-13-30-37(5)17-16-31(44)36(3,4)29(37)15-18-39(30,38)7/h12,24-26,29-32,44H,8-11,13-23H2,1-7H3,(H,42,45,47)/t25-,26+,29+,30-,31+,32+,37+,38-,39-,40+/m1/s1. The van der Waals surface area contributed by atoms with E-state index in [9.17, 15) is 23.9 Å². The average Bonchev–Trinajstić information content (AvgIpc) is 3.03. The molecule has 48 heavy (non-hydrogen) atoms. The number of nitrogens with one attached hydrogen (secondary N) is 1. The van der Waals surface area contributed by atoms with Gasteiger partial charge >= 0.3 is 11.7 Å². The van der Waals surface area contributed by atoms with Gasteiger partial charge in [-0.2, -0.15) is 4.39 Å². The van der Waals surface area contributed by atoms with Crippen LogP contribution in [-0.4, -0.2) is 33.3 Å². The zero-order valence-corrected chi connectivity index (χ0v) is 30.6. The van der Waals surface area contributed by atoms with Crippen LogP contribution in [0.3, 0.4) is 0 Å². The van der Waals surface area contributed by atoms with Crippen molar-refractivity contribution in [3.8, 4) is 0 Å². The van der Waals surface area contributed by atoms with Crippen LogP contribution in [0.2, 0.25) is 0 Å². The van der Waals surface area contributed by atoms with E-state index >= 15 is 0 Å². The number of hydrogen-bond donors (Lipinski definition) is 2. The third-order valence-electron chi connectivity index (χ3n) is 15.9. The van der Waals surface area contributed by atoms with Gasteiger partial charge in [-0.25, -0.2) is 4.79 Å². The number of rotatable bonds is 8. The first-order valence-electron chi connectivity index (χ1n) is 19.1. The Morgan fingerprint density at radius 3 is 2.44 bits per heavy atom. The molecule has 7 nitrogen and oxygen atoms in total. The molecule has 4 saturated carbocycles. The molecule has 2 N–H and O–H groups in total. The van der Waals surface area contributed by atoms with Gasteiger partial charge < -0.3 is 9.84 Å². The molecule has 4 fully saturated rings. The number of halogens is 1. The van der Waals surface area contributed by atoms with E-state index in [2.05, 4.69) is 54.5 Å². The van der Waals surface area contributed by atoms with Crippen LogP contribution >= 0.6 is 0 Å². The van der Waals surface area contributed by atoms with Crippen molar-refractivity contribution in [3.63, 3.8) is 0 Å². The van der Waals surface area contributed by atoms with Crippen molar-refractivity contribution in [1.29, 1.82) is 0 Å². The van der Waals surface area contributed by atoms with Gasteiger partial charge in [-0.3, -0.25) is 19.1 Å². The van der Waals surface area contributed by atoms with Crippen molar-refractivity contribution in [2.24, 2.45) is 56.7 Å². The fraction of sp³-hybridized carbons (Fsp3) is 0.825. The van der Waals surface area contributed by atoms with Gasteiger partial charge in [0, 0.05) is 6.54 Å². The number of aliphatic hydroxyl groups excluding tert-OH is 1. The lowest BCUT2D eigenvalue weighted by Gasteiger charge is -2.71. The Kier molecular flexibility index (Phi) is 9.29. The highest BCUT2D eigenvalue weighted by Gasteiger charge is 2.69. The van der Waals surface area contributed by atoms with Crippen molar-refractivity contribution in [2.45, 2.75) is 145 Å². The molecule has 0 aromatic carbocycles. The molecule has 0 amide bonds. The van der Waals surface area contributed by atoms with Gasteiger partial charge in [-0.15, -0.1) is 0 Å². The highest BCUT2D eigenvalue weighted by molar-refractivity contribution is 5.79. The number of fused-ring (bicyclic) bond motifs is 7. The highest BCUT2D eigenvalue weighted by atomic mass is 19.1. The Bertz CT molecular complexity index is 1550. The third kappa shape index (κ3) is 5.31. The second-order valence-corrected chi connectivity index (χ2v) is 18.2. The van der Waals surface area contributed by atoms with Gasteiger partial charge in [-0.05, 0) is 128 Å². The predicted molar refractivity (Wildman–Crippen MR) is 186 cm³/mol. The fourth-order valence-electron chi connectivity index (χ4n) is 12.5. The summed E-state index contributed by atoms with van der Waals surface area (Å²) in [6.07, 6.45) is 15.7. The number of aromatic amines is 1. The third-order valence-corrected chi connectivity index (χ3v) is 15.9. The van der Waals surface area contributed by atoms with E-state index in [0.29, 0.717) is 43.2 Å². The Morgan fingerprint density at radius 2 is 1.69 bits per heavy atom. The van der Waals surface area contributed by atoms with Crippen molar-refractivity contribution < 1.29 is 19.0 Å². The lowest BCUT2D eigenvalue weighted by atomic mass is 9.33. The summed E-state index contributed by atoms with van der Waals surface area (Å²) in [5.41, 5.74) is -0.173. The van der Waals surface area contributed by atoms with E-state index in [1.807, 2.05) is 4.98 Å². The first kappa shape index (κ1) is 35.6. The Hall–Kier alpha value is -2.22. The number of aryl methyl sites for hydroxylation is 1. The lowest BCUT2D eigenvalue weighted by Crippen LogP contribution is -2.65. The van der Waals surface area contributed by atoms with Gasteiger partial charge in [0.05, 0.1) is 24.3 Å². The van der Waals surface area contributed by atoms with E-state index in [4.69, 9.17) is 4.74 Å². The molecular formula is C40H61FN2O5. The van der Waals surface area contributed by atoms with Crippen molar-refractivity contribution in [3.05, 3.63) is 44.5 Å². The minimum Gasteiger partial charge on any atom is -0.465 e. The summed E-state index contributed by atoms with van der Waals surface area (Å²) in [5, 5.41) is 11.0. The van der Waals surface area contributed by atoms with E-state index in [0.717, 1.165) is 70.4 Å². The van der Waals surface area contributed by atoms with Crippen molar-refractivity contribution >= 4 is 5.97 Å². The Morgan fingerprint density at radius 1 is 0.958 bits per heavy atom. The second-order valence-electron chi connectivity index (χ2n) is 18.2. The fourth-order valence-corrected chi connectivity index (χ4v) is 12.5. The first-order chi connectivity index (χ1) is 22.5. The molecule has 1 heterocycles. The number of unbranched alkanes of at least 4 members (excludes halogenated alkanes) is 3. The maximum Gasteiger partial charge on any atom is 0.328 e. The number of carbonyl (C=O) groups excluding carboxylic acids is 1. The molecule has 5 aliphatic carbocycles.